The summed E-state index contributed by atoms with van der Waals surface area (Å²) in [5, 5.41) is 2.84. The summed E-state index contributed by atoms with van der Waals surface area (Å²) < 4.78 is 0. The molecule has 0 aliphatic rings. The number of thiocarbonyl (C=S) groups is 1. The zero-order chi connectivity index (χ0) is 13.4. The van der Waals surface area contributed by atoms with E-state index in [-0.39, 0.29) is 16.8 Å². The number of hydrogen-bond acceptors (Lipinski definition) is 3. The highest BCUT2D eigenvalue weighted by molar-refractivity contribution is 7.80. The van der Waals surface area contributed by atoms with E-state index in [4.69, 9.17) is 18.0 Å². The first kappa shape index (κ1) is 16.3. The van der Waals surface area contributed by atoms with Gasteiger partial charge in [0.15, 0.2) is 0 Å². The van der Waals surface area contributed by atoms with E-state index in [9.17, 15) is 4.79 Å². The van der Waals surface area contributed by atoms with Gasteiger partial charge in [0.2, 0.25) is 5.91 Å². The zero-order valence-corrected chi connectivity index (χ0v) is 12.1. The minimum atomic E-state index is -0.372. The van der Waals surface area contributed by atoms with Gasteiger partial charge in [-0.1, -0.05) is 12.2 Å². The summed E-state index contributed by atoms with van der Waals surface area (Å²) in [7, 11) is 2.11. The van der Waals surface area contributed by atoms with Gasteiger partial charge in [-0.25, -0.2) is 0 Å². The van der Waals surface area contributed by atoms with Gasteiger partial charge < -0.3 is 16.0 Å². The molecule has 3 N–H and O–H groups in total. The van der Waals surface area contributed by atoms with Gasteiger partial charge in [-0.3, -0.25) is 4.79 Å². The van der Waals surface area contributed by atoms with Crippen LogP contribution in [0, 0.1) is 5.92 Å². The summed E-state index contributed by atoms with van der Waals surface area (Å²) in [6, 6.07) is 0.569. The Balaban J connectivity index is 3.59. The number of carbonyl (C=O) groups excluding carboxylic acids is 1. The molecule has 0 aliphatic carbocycles. The van der Waals surface area contributed by atoms with Crippen molar-refractivity contribution >= 4 is 23.1 Å². The number of hydrogen-bond donors (Lipinski definition) is 2. The van der Waals surface area contributed by atoms with Crippen LogP contribution in [0.25, 0.3) is 0 Å². The number of nitrogens with two attached hydrogens (primary N) is 1. The lowest BCUT2D eigenvalue weighted by Gasteiger charge is -2.20. The molecule has 0 rings (SSSR count). The molecule has 0 fully saturated rings. The average Bonchev–Trinajstić information content (AvgIpc) is 2.26. The van der Waals surface area contributed by atoms with Crippen LogP contribution in [0.2, 0.25) is 0 Å². The number of nitrogens with zero attached hydrogens (tertiary/aromatic N) is 1. The summed E-state index contributed by atoms with van der Waals surface area (Å²) >= 11 is 4.77. The lowest BCUT2D eigenvalue weighted by atomic mass is 10.1. The Hall–Kier alpha value is -0.680. The van der Waals surface area contributed by atoms with Crippen molar-refractivity contribution in [2.24, 2.45) is 11.7 Å². The van der Waals surface area contributed by atoms with Crippen LogP contribution >= 0.6 is 12.2 Å². The van der Waals surface area contributed by atoms with E-state index >= 15 is 0 Å². The topological polar surface area (TPSA) is 58.4 Å². The van der Waals surface area contributed by atoms with Crippen LogP contribution in [-0.4, -0.2) is 42.0 Å². The fraction of sp³-hybridized carbons (Fsp3) is 0.833. The lowest BCUT2D eigenvalue weighted by Crippen LogP contribution is -2.36. The van der Waals surface area contributed by atoms with E-state index in [2.05, 4.69) is 31.1 Å². The van der Waals surface area contributed by atoms with Crippen molar-refractivity contribution in [3.05, 3.63) is 0 Å². The third-order valence-electron chi connectivity index (χ3n) is 2.94. The Kier molecular flexibility index (Phi) is 8.08. The second-order valence-electron chi connectivity index (χ2n) is 4.70. The molecule has 0 spiro atoms. The minimum absolute atomic E-state index is 0.0743. The quantitative estimate of drug-likeness (QED) is 0.507. The van der Waals surface area contributed by atoms with E-state index in [1.165, 1.54) is 0 Å². The smallest absolute Gasteiger partial charge is 0.229 e. The predicted molar refractivity (Wildman–Crippen MR) is 76.0 cm³/mol. The van der Waals surface area contributed by atoms with Crippen molar-refractivity contribution in [1.82, 2.24) is 10.2 Å². The van der Waals surface area contributed by atoms with Crippen molar-refractivity contribution in [1.29, 1.82) is 0 Å². The molecule has 0 aliphatic heterocycles. The summed E-state index contributed by atoms with van der Waals surface area (Å²) in [5.74, 6) is -0.446. The van der Waals surface area contributed by atoms with Crippen molar-refractivity contribution in [3.63, 3.8) is 0 Å². The molecule has 0 saturated heterocycles. The second-order valence-corrected chi connectivity index (χ2v) is 5.17. The minimum Gasteiger partial charge on any atom is -0.393 e. The molecule has 5 heteroatoms. The van der Waals surface area contributed by atoms with Crippen molar-refractivity contribution in [3.8, 4) is 0 Å². The maximum Gasteiger partial charge on any atom is 0.229 e. The lowest BCUT2D eigenvalue weighted by molar-refractivity contribution is -0.122. The SMILES string of the molecule is CC(C(=O)NCCCCN(C)C(C)C)C(N)=S. The average molecular weight is 259 g/mol. The molecule has 1 atom stereocenters. The second kappa shape index (κ2) is 8.42. The molecule has 0 saturated carbocycles. The standard InChI is InChI=1S/C12H25N3OS/c1-9(2)15(4)8-6-5-7-14-12(16)10(3)11(13)17/h9-10H,5-8H2,1-4H3,(H2,13,17)(H,14,16). The van der Waals surface area contributed by atoms with Crippen LogP contribution in [0.5, 0.6) is 0 Å². The highest BCUT2D eigenvalue weighted by Gasteiger charge is 2.14. The molecule has 0 aromatic carbocycles. The zero-order valence-electron chi connectivity index (χ0n) is 11.3. The van der Waals surface area contributed by atoms with Gasteiger partial charge in [0.1, 0.15) is 0 Å². The molecule has 0 radical (unpaired) electrons. The third-order valence-corrected chi connectivity index (χ3v) is 3.29. The van der Waals surface area contributed by atoms with Gasteiger partial charge in [-0.2, -0.15) is 0 Å². The van der Waals surface area contributed by atoms with Crippen LogP contribution in [0.1, 0.15) is 33.6 Å². The van der Waals surface area contributed by atoms with Gasteiger partial charge >= 0.3 is 0 Å². The van der Waals surface area contributed by atoms with E-state index in [1.807, 2.05) is 0 Å². The Morgan fingerprint density at radius 2 is 1.94 bits per heavy atom. The van der Waals surface area contributed by atoms with E-state index in [0.29, 0.717) is 12.6 Å². The molecule has 0 aromatic heterocycles. The fourth-order valence-electron chi connectivity index (χ4n) is 1.24. The molecular formula is C12H25N3OS. The summed E-state index contributed by atoms with van der Waals surface area (Å²) in [5.41, 5.74) is 5.40. The first-order valence-electron chi connectivity index (χ1n) is 6.13. The van der Waals surface area contributed by atoms with Crippen LogP contribution < -0.4 is 11.1 Å². The van der Waals surface area contributed by atoms with Crippen LogP contribution in [0.3, 0.4) is 0 Å². The predicted octanol–water partition coefficient (Wildman–Crippen LogP) is 1.15. The number of carbonyl (C=O) groups is 1. The summed E-state index contributed by atoms with van der Waals surface area (Å²) in [6.07, 6.45) is 2.06. The first-order valence-corrected chi connectivity index (χ1v) is 6.54. The van der Waals surface area contributed by atoms with E-state index in [0.717, 1.165) is 19.4 Å². The molecule has 1 amide bonds. The van der Waals surface area contributed by atoms with Crippen molar-refractivity contribution < 1.29 is 4.79 Å². The first-order chi connectivity index (χ1) is 7.86. The molecule has 4 nitrogen and oxygen atoms in total. The maximum absolute atomic E-state index is 11.5. The highest BCUT2D eigenvalue weighted by Crippen LogP contribution is 1.98. The summed E-state index contributed by atoms with van der Waals surface area (Å²) in [4.78, 5) is 14.0. The Morgan fingerprint density at radius 3 is 2.41 bits per heavy atom. The van der Waals surface area contributed by atoms with Crippen LogP contribution in [0.15, 0.2) is 0 Å². The van der Waals surface area contributed by atoms with Gasteiger partial charge in [0.05, 0.1) is 10.9 Å². The molecule has 0 bridgehead atoms. The van der Waals surface area contributed by atoms with Crippen LogP contribution in [-0.2, 0) is 4.79 Å². The molecule has 0 heterocycles. The van der Waals surface area contributed by atoms with Crippen LogP contribution in [0.4, 0.5) is 0 Å². The normalized spacial score (nSPS) is 12.8. The van der Waals surface area contributed by atoms with Gasteiger partial charge in [-0.15, -0.1) is 0 Å². The number of nitrogens with one attached hydrogen (secondary N) is 1. The van der Waals surface area contributed by atoms with E-state index < -0.39 is 0 Å². The molecule has 1 unspecified atom stereocenters. The van der Waals surface area contributed by atoms with Crippen molar-refractivity contribution in [2.75, 3.05) is 20.1 Å². The molecule has 100 valence electrons. The van der Waals surface area contributed by atoms with E-state index in [1.54, 1.807) is 6.92 Å². The number of unbranched alkanes of at least 4 members (excludes halogenated alkanes) is 1. The Labute approximate surface area is 110 Å². The molecule has 17 heavy (non-hydrogen) atoms. The monoisotopic (exact) mass is 259 g/mol. The van der Waals surface area contributed by atoms with Gasteiger partial charge in [-0.05, 0) is 47.2 Å². The maximum atomic E-state index is 11.5. The van der Waals surface area contributed by atoms with Gasteiger partial charge in [0, 0.05) is 12.6 Å². The molecular weight excluding hydrogens is 234 g/mol. The Morgan fingerprint density at radius 1 is 1.35 bits per heavy atom. The number of amides is 1. The third kappa shape index (κ3) is 7.28. The highest BCUT2D eigenvalue weighted by atomic mass is 32.1. The summed E-state index contributed by atoms with van der Waals surface area (Å²) in [6.45, 7) is 7.82. The number of rotatable bonds is 8. The van der Waals surface area contributed by atoms with Crippen molar-refractivity contribution in [2.45, 2.75) is 39.7 Å². The fourth-order valence-corrected chi connectivity index (χ4v) is 1.35. The Bertz CT molecular complexity index is 256. The van der Waals surface area contributed by atoms with Gasteiger partial charge in [0.25, 0.3) is 0 Å². The largest absolute Gasteiger partial charge is 0.393 e. The molecule has 0 aromatic rings.